The lowest BCUT2D eigenvalue weighted by Gasteiger charge is -2.29. The van der Waals surface area contributed by atoms with E-state index < -0.39 is 12.1 Å². The number of quaternary nitrogens is 1. The van der Waals surface area contributed by atoms with Crippen molar-refractivity contribution in [3.8, 4) is 0 Å². The second kappa shape index (κ2) is 17.6. The zero-order valence-corrected chi connectivity index (χ0v) is 20.0. The molecule has 0 aromatic heterocycles. The summed E-state index contributed by atoms with van der Waals surface area (Å²) in [5.74, 6) is -1.15. The minimum Gasteiger partial charge on any atom is -0.550 e. The van der Waals surface area contributed by atoms with E-state index in [-0.39, 0.29) is 12.4 Å². The van der Waals surface area contributed by atoms with Crippen LogP contribution in [0.2, 0.25) is 0 Å². The number of carbonyl (C=O) groups is 2. The van der Waals surface area contributed by atoms with Crippen LogP contribution < -0.4 is 5.11 Å². The third kappa shape index (κ3) is 21.0. The van der Waals surface area contributed by atoms with Gasteiger partial charge in [0.15, 0.2) is 6.10 Å². The summed E-state index contributed by atoms with van der Waals surface area (Å²) in [6.45, 7) is 2.55. The molecule has 0 fully saturated rings. The first kappa shape index (κ1) is 28.9. The Morgan fingerprint density at radius 2 is 1.58 bits per heavy atom. The van der Waals surface area contributed by atoms with Gasteiger partial charge in [-0.3, -0.25) is 4.79 Å². The fourth-order valence-corrected chi connectivity index (χ4v) is 3.13. The van der Waals surface area contributed by atoms with Crippen molar-refractivity contribution in [1.82, 2.24) is 0 Å². The Balaban J connectivity index is 3.89. The maximum Gasteiger partial charge on any atom is 0.306 e. The number of hydrogen-bond acceptors (Lipinski definition) is 5. The van der Waals surface area contributed by atoms with E-state index in [2.05, 4.69) is 25.2 Å². The Morgan fingerprint density at radius 3 is 2.19 bits per heavy atom. The predicted molar refractivity (Wildman–Crippen MR) is 123 cm³/mol. The first-order chi connectivity index (χ1) is 14.6. The van der Waals surface area contributed by atoms with Gasteiger partial charge >= 0.3 is 5.97 Å². The zero-order chi connectivity index (χ0) is 23.5. The number of carbonyl (C=O) groups excluding carboxylic acids is 2. The molecule has 1 unspecified atom stereocenters. The van der Waals surface area contributed by atoms with Gasteiger partial charge in [-0.2, -0.15) is 0 Å². The number of aliphatic carboxylic acids is 1. The predicted octanol–water partition coefficient (Wildman–Crippen LogP) is 4.22. The second-order valence-electron chi connectivity index (χ2n) is 8.97. The summed E-state index contributed by atoms with van der Waals surface area (Å²) in [6, 6.07) is 0. The Bertz CT molecular complexity index is 587. The molecule has 0 saturated carbocycles. The molecule has 0 bridgehead atoms. The van der Waals surface area contributed by atoms with Crippen LogP contribution in [0.4, 0.5) is 0 Å². The van der Waals surface area contributed by atoms with E-state index in [4.69, 9.17) is 4.74 Å². The highest BCUT2D eigenvalue weighted by atomic mass is 16.5. The lowest BCUT2D eigenvalue weighted by Crippen LogP contribution is -2.45. The van der Waals surface area contributed by atoms with E-state index in [1.54, 1.807) is 6.08 Å². The summed E-state index contributed by atoms with van der Waals surface area (Å²) in [5.41, 5.74) is 0. The monoisotopic (exact) mass is 437 g/mol. The van der Waals surface area contributed by atoms with E-state index in [1.807, 2.05) is 27.2 Å². The molecular weight excluding hydrogens is 394 g/mol. The molecule has 6 nitrogen and oxygen atoms in total. The van der Waals surface area contributed by atoms with E-state index in [0.717, 1.165) is 51.4 Å². The van der Waals surface area contributed by atoms with Gasteiger partial charge in [-0.1, -0.05) is 50.5 Å². The van der Waals surface area contributed by atoms with Crippen molar-refractivity contribution >= 4 is 11.9 Å². The highest BCUT2D eigenvalue weighted by Gasteiger charge is 2.22. The van der Waals surface area contributed by atoms with Gasteiger partial charge in [0.1, 0.15) is 6.54 Å². The molecule has 6 heteroatoms. The number of aliphatic hydroxyl groups excluding tert-OH is 1. The largest absolute Gasteiger partial charge is 0.550 e. The minimum absolute atomic E-state index is 0.274. The molecule has 0 saturated heterocycles. The molecule has 0 amide bonds. The van der Waals surface area contributed by atoms with Crippen LogP contribution in [0.25, 0.3) is 0 Å². The van der Waals surface area contributed by atoms with Crippen LogP contribution in [0.15, 0.2) is 36.1 Å². The van der Waals surface area contributed by atoms with Gasteiger partial charge in [0.25, 0.3) is 0 Å². The summed E-state index contributed by atoms with van der Waals surface area (Å²) in [4.78, 5) is 22.9. The van der Waals surface area contributed by atoms with Crippen molar-refractivity contribution in [2.24, 2.45) is 0 Å². The normalized spacial score (nSPS) is 13.7. The summed E-state index contributed by atoms with van der Waals surface area (Å²) in [6.07, 6.45) is 17.7. The second-order valence-corrected chi connectivity index (χ2v) is 8.97. The molecule has 0 aliphatic carbocycles. The lowest BCUT2D eigenvalue weighted by atomic mass is 10.1. The van der Waals surface area contributed by atoms with Crippen molar-refractivity contribution in [3.05, 3.63) is 36.1 Å². The lowest BCUT2D eigenvalue weighted by molar-refractivity contribution is -0.873. The van der Waals surface area contributed by atoms with Crippen molar-refractivity contribution < 1.29 is 29.0 Å². The van der Waals surface area contributed by atoms with Gasteiger partial charge < -0.3 is 24.2 Å². The van der Waals surface area contributed by atoms with E-state index in [1.165, 1.54) is 0 Å². The molecule has 31 heavy (non-hydrogen) atoms. The van der Waals surface area contributed by atoms with Crippen LogP contribution in [-0.4, -0.2) is 55.3 Å². The minimum atomic E-state index is -1.21. The number of carboxylic acids is 1. The molecule has 1 atom stereocenters. The molecule has 0 spiro atoms. The van der Waals surface area contributed by atoms with Crippen LogP contribution in [0.3, 0.4) is 0 Å². The summed E-state index contributed by atoms with van der Waals surface area (Å²) >= 11 is 0. The van der Waals surface area contributed by atoms with Crippen molar-refractivity contribution in [2.45, 2.75) is 83.7 Å². The SMILES string of the molecule is CC/C=C/CC/C=C/C=C(\O)CCCCCCCC(=O)OC(CC(=O)[O-])C[N+](C)(C)C. The third-order valence-electron chi connectivity index (χ3n) is 4.58. The molecule has 178 valence electrons. The summed E-state index contributed by atoms with van der Waals surface area (Å²) in [7, 11) is 5.77. The number of carboxylic acid groups (broad SMARTS) is 1. The fourth-order valence-electron chi connectivity index (χ4n) is 3.13. The van der Waals surface area contributed by atoms with Crippen LogP contribution in [0, 0.1) is 0 Å². The van der Waals surface area contributed by atoms with Crippen molar-refractivity contribution in [2.75, 3.05) is 27.7 Å². The van der Waals surface area contributed by atoms with Gasteiger partial charge in [0.2, 0.25) is 0 Å². The number of nitrogens with zero attached hydrogens (tertiary/aromatic N) is 1. The van der Waals surface area contributed by atoms with E-state index in [9.17, 15) is 19.8 Å². The van der Waals surface area contributed by atoms with Gasteiger partial charge in [-0.15, -0.1) is 0 Å². The Morgan fingerprint density at radius 1 is 0.968 bits per heavy atom. The number of rotatable bonds is 18. The van der Waals surface area contributed by atoms with E-state index in [0.29, 0.717) is 29.6 Å². The van der Waals surface area contributed by atoms with Crippen LogP contribution >= 0.6 is 0 Å². The number of aliphatic hydroxyl groups is 1. The quantitative estimate of drug-likeness (QED) is 0.0866. The van der Waals surface area contributed by atoms with E-state index >= 15 is 0 Å². The zero-order valence-electron chi connectivity index (χ0n) is 20.0. The molecule has 0 aromatic carbocycles. The maximum absolute atomic E-state index is 12.0. The van der Waals surface area contributed by atoms with Gasteiger partial charge in [0, 0.05) is 25.2 Å². The topological polar surface area (TPSA) is 86.7 Å². The number of ether oxygens (including phenoxy) is 1. The Kier molecular flexibility index (Phi) is 16.4. The van der Waals surface area contributed by atoms with Crippen LogP contribution in [0.5, 0.6) is 0 Å². The van der Waals surface area contributed by atoms with Crippen molar-refractivity contribution in [3.63, 3.8) is 0 Å². The Labute approximate surface area is 188 Å². The Hall–Kier alpha value is -2.08. The third-order valence-corrected chi connectivity index (χ3v) is 4.58. The van der Waals surface area contributed by atoms with Gasteiger partial charge in [-0.05, 0) is 38.2 Å². The molecule has 0 aliphatic heterocycles. The summed E-state index contributed by atoms with van der Waals surface area (Å²) < 4.78 is 5.86. The average molecular weight is 438 g/mol. The van der Waals surface area contributed by atoms with Crippen molar-refractivity contribution in [1.29, 1.82) is 0 Å². The number of unbranched alkanes of at least 4 members (excludes halogenated alkanes) is 5. The molecule has 1 N–H and O–H groups in total. The van der Waals surface area contributed by atoms with Gasteiger partial charge in [-0.25, -0.2) is 0 Å². The highest BCUT2D eigenvalue weighted by molar-refractivity contribution is 5.70. The number of esters is 1. The highest BCUT2D eigenvalue weighted by Crippen LogP contribution is 2.12. The average Bonchev–Trinajstić information content (AvgIpc) is 2.64. The van der Waals surface area contributed by atoms with Crippen LogP contribution in [-0.2, 0) is 14.3 Å². The standard InChI is InChI=1S/C25H43NO5/c1-5-6-7-8-9-11-14-17-22(27)18-15-12-10-13-16-19-25(30)31-23(20-24(28)29)21-26(2,3)4/h6-7,11,14,17,23H,5,8-10,12-13,15-16,18-21H2,1-4H3,(H-,27,28,29)/b7-6+,14-11+,22-17-. The molecule has 0 radical (unpaired) electrons. The maximum atomic E-state index is 12.0. The van der Waals surface area contributed by atoms with Gasteiger partial charge in [0.05, 0.1) is 26.9 Å². The summed E-state index contributed by atoms with van der Waals surface area (Å²) in [5, 5.41) is 20.7. The number of likely N-dealkylation sites (N-methyl/N-ethyl adjacent to an activating group) is 1. The molecule has 0 rings (SSSR count). The number of hydrogen-bond donors (Lipinski definition) is 1. The molecule has 0 aliphatic rings. The number of allylic oxidation sites excluding steroid dienone is 6. The molecule has 0 heterocycles. The molecule has 0 aromatic rings. The van der Waals surface area contributed by atoms with Crippen LogP contribution in [0.1, 0.15) is 77.6 Å². The first-order valence-electron chi connectivity index (χ1n) is 11.5. The first-order valence-corrected chi connectivity index (χ1v) is 11.5. The fraction of sp³-hybridized carbons (Fsp3) is 0.680. The smallest absolute Gasteiger partial charge is 0.306 e. The molecular formula is C25H43NO5.